The molecule has 1 fully saturated rings. The van der Waals surface area contributed by atoms with E-state index >= 15 is 0 Å². The minimum absolute atomic E-state index is 0.0156. The normalized spacial score (nSPS) is 20.9. The smallest absolute Gasteiger partial charge is 0.416 e. The molecule has 0 saturated heterocycles. The maximum absolute atomic E-state index is 12.9. The van der Waals surface area contributed by atoms with E-state index in [2.05, 4.69) is 5.32 Å². The van der Waals surface area contributed by atoms with Crippen LogP contribution in [-0.4, -0.2) is 23.5 Å². The van der Waals surface area contributed by atoms with Crippen LogP contribution >= 0.6 is 0 Å². The predicted octanol–water partition coefficient (Wildman–Crippen LogP) is 2.40. The Morgan fingerprint density at radius 3 is 2.57 bits per heavy atom. The first kappa shape index (κ1) is 15.3. The van der Waals surface area contributed by atoms with E-state index in [0.717, 1.165) is 6.07 Å². The summed E-state index contributed by atoms with van der Waals surface area (Å²) in [7, 11) is 0. The SMILES string of the molecule is O=C(O)CCNC(=O)[C@@H]1C[C@@H]1c1ccccc1C(F)(F)F. The molecule has 2 atom stereocenters. The van der Waals surface area contributed by atoms with E-state index in [1.54, 1.807) is 0 Å². The Labute approximate surface area is 119 Å². The van der Waals surface area contributed by atoms with Crippen molar-refractivity contribution in [1.29, 1.82) is 0 Å². The highest BCUT2D eigenvalue weighted by molar-refractivity contribution is 5.83. The Morgan fingerprint density at radius 1 is 1.29 bits per heavy atom. The first-order valence-corrected chi connectivity index (χ1v) is 6.46. The summed E-state index contributed by atoms with van der Waals surface area (Å²) in [4.78, 5) is 22.1. The minimum Gasteiger partial charge on any atom is -0.481 e. The minimum atomic E-state index is -4.44. The van der Waals surface area contributed by atoms with Gasteiger partial charge in [0.05, 0.1) is 12.0 Å². The summed E-state index contributed by atoms with van der Waals surface area (Å²) in [5, 5.41) is 10.9. The summed E-state index contributed by atoms with van der Waals surface area (Å²) in [6.07, 6.45) is -4.29. The molecule has 4 nitrogen and oxygen atoms in total. The summed E-state index contributed by atoms with van der Waals surface area (Å²) in [5.41, 5.74) is -0.584. The number of aliphatic carboxylic acids is 1. The number of carboxylic acid groups (broad SMARTS) is 1. The number of amides is 1. The number of halogens is 3. The van der Waals surface area contributed by atoms with Gasteiger partial charge in [0.25, 0.3) is 0 Å². The Bertz CT molecular complexity index is 557. The van der Waals surface area contributed by atoms with Crippen LogP contribution in [0.5, 0.6) is 0 Å². The molecule has 0 radical (unpaired) electrons. The molecule has 1 aliphatic carbocycles. The van der Waals surface area contributed by atoms with Gasteiger partial charge in [0.1, 0.15) is 0 Å². The van der Waals surface area contributed by atoms with E-state index in [4.69, 9.17) is 5.11 Å². The summed E-state index contributed by atoms with van der Waals surface area (Å²) in [6.45, 7) is -0.0156. The Balaban J connectivity index is 2.00. The number of carbonyl (C=O) groups excluding carboxylic acids is 1. The summed E-state index contributed by atoms with van der Waals surface area (Å²) in [5.74, 6) is -2.39. The van der Waals surface area contributed by atoms with Crippen LogP contribution in [0.3, 0.4) is 0 Å². The van der Waals surface area contributed by atoms with Crippen LogP contribution in [-0.2, 0) is 15.8 Å². The lowest BCUT2D eigenvalue weighted by atomic mass is 10.0. The first-order chi connectivity index (χ1) is 9.80. The third-order valence-electron chi connectivity index (χ3n) is 3.43. The van der Waals surface area contributed by atoms with E-state index in [0.29, 0.717) is 6.42 Å². The molecule has 0 bridgehead atoms. The second-order valence-corrected chi connectivity index (χ2v) is 4.97. The predicted molar refractivity (Wildman–Crippen MR) is 67.6 cm³/mol. The lowest BCUT2D eigenvalue weighted by molar-refractivity contribution is -0.139. The average Bonchev–Trinajstić information content (AvgIpc) is 3.17. The topological polar surface area (TPSA) is 66.4 Å². The van der Waals surface area contributed by atoms with Gasteiger partial charge in [0, 0.05) is 12.5 Å². The molecule has 1 amide bonds. The van der Waals surface area contributed by atoms with Crippen molar-refractivity contribution in [3.63, 3.8) is 0 Å². The molecule has 1 saturated carbocycles. The largest absolute Gasteiger partial charge is 0.481 e. The highest BCUT2D eigenvalue weighted by Crippen LogP contribution is 2.50. The number of nitrogens with one attached hydrogen (secondary N) is 1. The van der Waals surface area contributed by atoms with Crippen molar-refractivity contribution in [2.24, 2.45) is 5.92 Å². The highest BCUT2D eigenvalue weighted by Gasteiger charge is 2.47. The van der Waals surface area contributed by atoms with Crippen molar-refractivity contribution in [3.05, 3.63) is 35.4 Å². The maximum Gasteiger partial charge on any atom is 0.416 e. The number of carbonyl (C=O) groups is 2. The Hall–Kier alpha value is -2.05. The lowest BCUT2D eigenvalue weighted by Gasteiger charge is -2.12. The molecular formula is C14H14F3NO3. The number of rotatable bonds is 5. The number of hydrogen-bond donors (Lipinski definition) is 2. The second kappa shape index (κ2) is 5.75. The molecule has 0 aliphatic heterocycles. The van der Waals surface area contributed by atoms with Gasteiger partial charge >= 0.3 is 12.1 Å². The van der Waals surface area contributed by atoms with Crippen molar-refractivity contribution >= 4 is 11.9 Å². The van der Waals surface area contributed by atoms with Gasteiger partial charge in [-0.05, 0) is 24.0 Å². The van der Waals surface area contributed by atoms with Crippen LogP contribution in [0.2, 0.25) is 0 Å². The van der Waals surface area contributed by atoms with Crippen LogP contribution in [0.4, 0.5) is 13.2 Å². The monoisotopic (exact) mass is 301 g/mol. The Morgan fingerprint density at radius 2 is 1.95 bits per heavy atom. The van der Waals surface area contributed by atoms with Gasteiger partial charge in [-0.3, -0.25) is 9.59 Å². The van der Waals surface area contributed by atoms with Crippen LogP contribution in [0, 0.1) is 5.92 Å². The van der Waals surface area contributed by atoms with E-state index in [9.17, 15) is 22.8 Å². The molecule has 7 heteroatoms. The molecule has 21 heavy (non-hydrogen) atoms. The Kier molecular flexibility index (Phi) is 4.20. The fraction of sp³-hybridized carbons (Fsp3) is 0.429. The maximum atomic E-state index is 12.9. The van der Waals surface area contributed by atoms with Gasteiger partial charge in [0.15, 0.2) is 0 Å². The first-order valence-electron chi connectivity index (χ1n) is 6.46. The van der Waals surface area contributed by atoms with Crippen LogP contribution in [0.1, 0.15) is 29.9 Å². The third kappa shape index (κ3) is 3.74. The fourth-order valence-electron chi connectivity index (χ4n) is 2.33. The lowest BCUT2D eigenvalue weighted by Crippen LogP contribution is -2.27. The zero-order valence-corrected chi connectivity index (χ0v) is 11.0. The molecular weight excluding hydrogens is 287 g/mol. The zero-order chi connectivity index (χ0) is 15.6. The van der Waals surface area contributed by atoms with E-state index in [-0.39, 0.29) is 18.5 Å². The van der Waals surface area contributed by atoms with Crippen molar-refractivity contribution in [1.82, 2.24) is 5.32 Å². The molecule has 0 aromatic heterocycles. The van der Waals surface area contributed by atoms with Gasteiger partial charge < -0.3 is 10.4 Å². The van der Waals surface area contributed by atoms with Gasteiger partial charge in [-0.2, -0.15) is 13.2 Å². The van der Waals surface area contributed by atoms with Crippen LogP contribution in [0.15, 0.2) is 24.3 Å². The van der Waals surface area contributed by atoms with Crippen LogP contribution < -0.4 is 5.32 Å². The summed E-state index contributed by atoms with van der Waals surface area (Å²) in [6, 6.07) is 5.23. The fourth-order valence-corrected chi connectivity index (χ4v) is 2.33. The third-order valence-corrected chi connectivity index (χ3v) is 3.43. The van der Waals surface area contributed by atoms with Crippen molar-refractivity contribution in [2.75, 3.05) is 6.54 Å². The van der Waals surface area contributed by atoms with Gasteiger partial charge in [-0.15, -0.1) is 0 Å². The molecule has 1 aromatic rings. The molecule has 1 aromatic carbocycles. The van der Waals surface area contributed by atoms with Crippen molar-refractivity contribution in [3.8, 4) is 0 Å². The number of alkyl halides is 3. The molecule has 114 valence electrons. The van der Waals surface area contributed by atoms with E-state index in [1.807, 2.05) is 0 Å². The van der Waals surface area contributed by atoms with Gasteiger partial charge in [0.2, 0.25) is 5.91 Å². The zero-order valence-electron chi connectivity index (χ0n) is 11.0. The van der Waals surface area contributed by atoms with Crippen molar-refractivity contribution < 1.29 is 27.9 Å². The van der Waals surface area contributed by atoms with Crippen LogP contribution in [0.25, 0.3) is 0 Å². The standard InChI is InChI=1S/C14H14F3NO3/c15-14(16,17)11-4-2-1-3-8(11)9-7-10(9)13(21)18-6-5-12(19)20/h1-4,9-10H,5-7H2,(H,18,21)(H,19,20)/t9-,10-/m1/s1. The number of carboxylic acids is 1. The molecule has 0 unspecified atom stereocenters. The molecule has 1 aliphatic rings. The van der Waals surface area contributed by atoms with E-state index < -0.39 is 35.5 Å². The quantitative estimate of drug-likeness (QED) is 0.877. The van der Waals surface area contributed by atoms with Crippen molar-refractivity contribution in [2.45, 2.75) is 24.9 Å². The van der Waals surface area contributed by atoms with E-state index in [1.165, 1.54) is 18.2 Å². The van der Waals surface area contributed by atoms with Gasteiger partial charge in [-0.1, -0.05) is 18.2 Å². The molecule has 0 spiro atoms. The second-order valence-electron chi connectivity index (χ2n) is 4.97. The summed E-state index contributed by atoms with van der Waals surface area (Å²) >= 11 is 0. The summed E-state index contributed by atoms with van der Waals surface area (Å²) < 4.78 is 38.7. The highest BCUT2D eigenvalue weighted by atomic mass is 19.4. The molecule has 0 heterocycles. The van der Waals surface area contributed by atoms with Gasteiger partial charge in [-0.25, -0.2) is 0 Å². The molecule has 2 N–H and O–H groups in total. The number of hydrogen-bond acceptors (Lipinski definition) is 2. The average molecular weight is 301 g/mol. The molecule has 2 rings (SSSR count). The number of benzene rings is 1.